The highest BCUT2D eigenvalue weighted by Gasteiger charge is 2.14. The highest BCUT2D eigenvalue weighted by Crippen LogP contribution is 2.18. The molecule has 0 unspecified atom stereocenters. The van der Waals surface area contributed by atoms with E-state index in [4.69, 9.17) is 33.3 Å². The molecule has 0 heterocycles. The summed E-state index contributed by atoms with van der Waals surface area (Å²) in [7, 11) is 0. The van der Waals surface area contributed by atoms with Gasteiger partial charge in [-0.05, 0) is 74.6 Å². The van der Waals surface area contributed by atoms with Crippen LogP contribution in [0.15, 0.2) is 48.5 Å². The van der Waals surface area contributed by atoms with Crippen molar-refractivity contribution < 1.29 is 14.3 Å². The van der Waals surface area contributed by atoms with Crippen LogP contribution in [0.25, 0.3) is 0 Å². The van der Waals surface area contributed by atoms with Crippen LogP contribution in [0.2, 0.25) is 5.02 Å². The molecule has 26 heavy (non-hydrogen) atoms. The van der Waals surface area contributed by atoms with Gasteiger partial charge in [0.25, 0.3) is 5.91 Å². The number of thiocarbonyl (C=S) groups is 1. The largest absolute Gasteiger partial charge is 0.494 e. The zero-order valence-corrected chi connectivity index (χ0v) is 16.0. The van der Waals surface area contributed by atoms with Gasteiger partial charge in [-0.3, -0.25) is 15.6 Å². The van der Waals surface area contributed by atoms with Crippen LogP contribution in [-0.4, -0.2) is 23.7 Å². The van der Waals surface area contributed by atoms with Gasteiger partial charge in [-0.1, -0.05) is 11.6 Å². The second kappa shape index (κ2) is 9.84. The highest BCUT2D eigenvalue weighted by atomic mass is 35.5. The third-order valence-electron chi connectivity index (χ3n) is 3.22. The molecule has 0 aliphatic rings. The molecule has 0 bridgehead atoms. The van der Waals surface area contributed by atoms with E-state index in [0.29, 0.717) is 17.4 Å². The van der Waals surface area contributed by atoms with Crippen LogP contribution in [0.5, 0.6) is 11.5 Å². The van der Waals surface area contributed by atoms with Gasteiger partial charge in [0.15, 0.2) is 11.2 Å². The fourth-order valence-electron chi connectivity index (χ4n) is 1.95. The smallest absolute Gasteiger partial charge is 0.279 e. The summed E-state index contributed by atoms with van der Waals surface area (Å²) < 4.78 is 10.9. The summed E-state index contributed by atoms with van der Waals surface area (Å²) in [6, 6.07) is 14.1. The SMILES string of the molecule is CCOc1ccc(O[C@H](C)C(=O)NNC(=S)Nc2ccc(Cl)cc2)cc1. The summed E-state index contributed by atoms with van der Waals surface area (Å²) in [6.45, 7) is 4.15. The molecule has 0 aliphatic carbocycles. The molecule has 2 aromatic carbocycles. The third-order valence-corrected chi connectivity index (χ3v) is 3.67. The van der Waals surface area contributed by atoms with Crippen molar-refractivity contribution in [2.75, 3.05) is 11.9 Å². The van der Waals surface area contributed by atoms with Crippen LogP contribution in [0.4, 0.5) is 5.69 Å². The molecule has 0 radical (unpaired) electrons. The standard InChI is InChI=1S/C18H20ClN3O3S/c1-3-24-15-8-10-16(11-9-15)25-12(2)17(23)21-22-18(26)20-14-6-4-13(19)5-7-14/h4-12H,3H2,1-2H3,(H,21,23)(H2,20,22,26)/t12-/m1/s1. The number of nitrogens with one attached hydrogen (secondary N) is 3. The number of anilines is 1. The van der Waals surface area contributed by atoms with E-state index in [1.165, 1.54) is 0 Å². The summed E-state index contributed by atoms with van der Waals surface area (Å²) in [6.07, 6.45) is -0.709. The number of hydrazine groups is 1. The minimum atomic E-state index is -0.709. The second-order valence-corrected chi connectivity index (χ2v) is 6.08. The average Bonchev–Trinajstić information content (AvgIpc) is 2.63. The molecule has 6 nitrogen and oxygen atoms in total. The number of ether oxygens (including phenoxy) is 2. The zero-order chi connectivity index (χ0) is 18.9. The van der Waals surface area contributed by atoms with Crippen molar-refractivity contribution in [3.05, 3.63) is 53.6 Å². The minimum Gasteiger partial charge on any atom is -0.494 e. The summed E-state index contributed by atoms with van der Waals surface area (Å²) in [5.74, 6) is 0.953. The van der Waals surface area contributed by atoms with Gasteiger partial charge in [-0.2, -0.15) is 0 Å². The molecular formula is C18H20ClN3O3S. The lowest BCUT2D eigenvalue weighted by molar-refractivity contribution is -0.127. The highest BCUT2D eigenvalue weighted by molar-refractivity contribution is 7.80. The molecule has 1 atom stereocenters. The summed E-state index contributed by atoms with van der Waals surface area (Å²) >= 11 is 10.9. The first-order valence-electron chi connectivity index (χ1n) is 8.00. The first-order valence-corrected chi connectivity index (χ1v) is 8.78. The Morgan fingerprint density at radius 3 is 2.31 bits per heavy atom. The number of halogens is 1. The Kier molecular flexibility index (Phi) is 7.50. The fraction of sp³-hybridized carbons (Fsp3) is 0.222. The van der Waals surface area contributed by atoms with Gasteiger partial charge in [-0.15, -0.1) is 0 Å². The van der Waals surface area contributed by atoms with E-state index in [-0.39, 0.29) is 11.0 Å². The Balaban J connectivity index is 1.77. The first-order chi connectivity index (χ1) is 12.5. The molecule has 138 valence electrons. The predicted molar refractivity (Wildman–Crippen MR) is 107 cm³/mol. The van der Waals surface area contributed by atoms with E-state index >= 15 is 0 Å². The normalized spacial score (nSPS) is 11.2. The van der Waals surface area contributed by atoms with Crippen molar-refractivity contribution in [1.29, 1.82) is 0 Å². The lowest BCUT2D eigenvalue weighted by Crippen LogP contribution is -2.48. The third kappa shape index (κ3) is 6.42. The molecule has 0 fully saturated rings. The maximum Gasteiger partial charge on any atom is 0.279 e. The number of hydrogen-bond acceptors (Lipinski definition) is 4. The monoisotopic (exact) mass is 393 g/mol. The number of carbonyl (C=O) groups excluding carboxylic acids is 1. The molecule has 2 rings (SSSR count). The van der Waals surface area contributed by atoms with Crippen LogP contribution >= 0.6 is 23.8 Å². The Morgan fingerprint density at radius 1 is 1.08 bits per heavy atom. The van der Waals surface area contributed by atoms with Crippen molar-refractivity contribution in [1.82, 2.24) is 10.9 Å². The first kappa shape index (κ1) is 19.8. The summed E-state index contributed by atoms with van der Waals surface area (Å²) in [5, 5.41) is 3.80. The maximum atomic E-state index is 12.1. The van der Waals surface area contributed by atoms with Gasteiger partial charge in [0.2, 0.25) is 0 Å². The fourth-order valence-corrected chi connectivity index (χ4v) is 2.25. The Labute approximate surface area is 162 Å². The van der Waals surface area contributed by atoms with Crippen molar-refractivity contribution in [3.8, 4) is 11.5 Å². The van der Waals surface area contributed by atoms with E-state index in [0.717, 1.165) is 11.4 Å². The van der Waals surface area contributed by atoms with E-state index < -0.39 is 6.10 Å². The minimum absolute atomic E-state index is 0.244. The topological polar surface area (TPSA) is 71.6 Å². The Bertz CT molecular complexity index is 738. The van der Waals surface area contributed by atoms with Crippen molar-refractivity contribution in [3.63, 3.8) is 0 Å². The molecule has 0 saturated carbocycles. The van der Waals surface area contributed by atoms with E-state index in [2.05, 4.69) is 16.2 Å². The number of amides is 1. The van der Waals surface area contributed by atoms with Crippen molar-refractivity contribution in [2.24, 2.45) is 0 Å². The molecule has 2 aromatic rings. The molecule has 0 spiro atoms. The molecule has 0 saturated heterocycles. The zero-order valence-electron chi connectivity index (χ0n) is 14.4. The maximum absolute atomic E-state index is 12.1. The van der Waals surface area contributed by atoms with E-state index in [1.807, 2.05) is 6.92 Å². The number of benzene rings is 2. The average molecular weight is 394 g/mol. The number of hydrogen-bond donors (Lipinski definition) is 3. The van der Waals surface area contributed by atoms with Crippen molar-refractivity contribution in [2.45, 2.75) is 20.0 Å². The predicted octanol–water partition coefficient (Wildman–Crippen LogP) is 3.52. The molecule has 0 aliphatic heterocycles. The van der Waals surface area contributed by atoms with Crippen LogP contribution in [0, 0.1) is 0 Å². The lowest BCUT2D eigenvalue weighted by Gasteiger charge is -2.16. The van der Waals surface area contributed by atoms with E-state index in [1.54, 1.807) is 55.5 Å². The Hall–Kier alpha value is -2.51. The van der Waals surface area contributed by atoms with Crippen LogP contribution in [0.3, 0.4) is 0 Å². The molecule has 1 amide bonds. The lowest BCUT2D eigenvalue weighted by atomic mass is 10.3. The molecular weight excluding hydrogens is 374 g/mol. The van der Waals surface area contributed by atoms with Gasteiger partial charge in [0.1, 0.15) is 11.5 Å². The van der Waals surface area contributed by atoms with E-state index in [9.17, 15) is 4.79 Å². The number of carbonyl (C=O) groups is 1. The van der Waals surface area contributed by atoms with Crippen LogP contribution in [-0.2, 0) is 4.79 Å². The van der Waals surface area contributed by atoms with Gasteiger partial charge in [-0.25, -0.2) is 0 Å². The second-order valence-electron chi connectivity index (χ2n) is 5.24. The van der Waals surface area contributed by atoms with Gasteiger partial charge in [0, 0.05) is 10.7 Å². The van der Waals surface area contributed by atoms with Gasteiger partial charge in [0.05, 0.1) is 6.61 Å². The van der Waals surface area contributed by atoms with Gasteiger partial charge < -0.3 is 14.8 Å². The Morgan fingerprint density at radius 2 is 1.69 bits per heavy atom. The molecule has 3 N–H and O–H groups in total. The summed E-state index contributed by atoms with van der Waals surface area (Å²) in [4.78, 5) is 12.1. The quantitative estimate of drug-likeness (QED) is 0.515. The van der Waals surface area contributed by atoms with Crippen LogP contribution < -0.4 is 25.6 Å². The van der Waals surface area contributed by atoms with Gasteiger partial charge >= 0.3 is 0 Å². The molecule has 8 heteroatoms. The van der Waals surface area contributed by atoms with Crippen molar-refractivity contribution >= 4 is 40.5 Å². The number of rotatable bonds is 6. The summed E-state index contributed by atoms with van der Waals surface area (Å²) in [5.41, 5.74) is 5.87. The molecule has 0 aromatic heterocycles. The van der Waals surface area contributed by atoms with Crippen LogP contribution in [0.1, 0.15) is 13.8 Å².